The predicted molar refractivity (Wildman–Crippen MR) is 99.6 cm³/mol. The van der Waals surface area contributed by atoms with Gasteiger partial charge in [0.2, 0.25) is 0 Å². The fourth-order valence-corrected chi connectivity index (χ4v) is 3.57. The van der Waals surface area contributed by atoms with E-state index in [1.807, 2.05) is 0 Å². The topological polar surface area (TPSA) is 26.3 Å². The van der Waals surface area contributed by atoms with Crippen LogP contribution in [-0.4, -0.2) is 25.1 Å². The third-order valence-electron chi connectivity index (χ3n) is 4.31. The molecule has 0 bridgehead atoms. The minimum atomic E-state index is -0.0302. The van der Waals surface area contributed by atoms with Gasteiger partial charge in [0.25, 0.3) is 0 Å². The number of carbonyl (C=O) groups is 1. The summed E-state index contributed by atoms with van der Waals surface area (Å²) >= 11 is 1.74. The van der Waals surface area contributed by atoms with Crippen molar-refractivity contribution in [1.82, 2.24) is 0 Å². The molecule has 0 saturated carbocycles. The number of thioether (sulfide) groups is 1. The summed E-state index contributed by atoms with van der Waals surface area (Å²) in [6, 6.07) is 0. The lowest BCUT2D eigenvalue weighted by Gasteiger charge is -2.12. The van der Waals surface area contributed by atoms with Crippen LogP contribution in [0.1, 0.15) is 90.4 Å². The molecule has 0 unspecified atom stereocenters. The molecule has 0 fully saturated rings. The lowest BCUT2D eigenvalue weighted by molar-refractivity contribution is -0.144. The number of unbranched alkanes of at least 4 members (excludes halogenated alkanes) is 11. The van der Waals surface area contributed by atoms with E-state index in [2.05, 4.69) is 13.2 Å². The molecule has 0 aliphatic heterocycles. The van der Waals surface area contributed by atoms with Crippen LogP contribution < -0.4 is 0 Å². The molecule has 0 radical (unpaired) electrons. The Morgan fingerprint density at radius 2 is 1.32 bits per heavy atom. The Morgan fingerprint density at radius 1 is 0.864 bits per heavy atom. The SMILES string of the molecule is CCCCCCCCCCCCCC[C@H](CSC)C(=O)OC. The van der Waals surface area contributed by atoms with Gasteiger partial charge >= 0.3 is 5.97 Å². The molecule has 2 nitrogen and oxygen atoms in total. The number of methoxy groups -OCH3 is 1. The second-order valence-corrected chi connectivity index (χ2v) is 7.26. The van der Waals surface area contributed by atoms with Gasteiger partial charge in [0, 0.05) is 5.75 Å². The van der Waals surface area contributed by atoms with Gasteiger partial charge in [0.05, 0.1) is 13.0 Å². The number of hydrogen-bond donors (Lipinski definition) is 0. The molecule has 1 atom stereocenters. The van der Waals surface area contributed by atoms with Gasteiger partial charge in [0.1, 0.15) is 0 Å². The summed E-state index contributed by atoms with van der Waals surface area (Å²) in [5, 5.41) is 0. The van der Waals surface area contributed by atoms with Crippen LogP contribution in [-0.2, 0) is 9.53 Å². The first-order chi connectivity index (χ1) is 10.8. The van der Waals surface area contributed by atoms with Crippen LogP contribution in [0.3, 0.4) is 0 Å². The maximum absolute atomic E-state index is 11.6. The lowest BCUT2D eigenvalue weighted by Crippen LogP contribution is -2.18. The highest BCUT2D eigenvalue weighted by Crippen LogP contribution is 2.17. The van der Waals surface area contributed by atoms with Gasteiger partial charge in [0.15, 0.2) is 0 Å². The van der Waals surface area contributed by atoms with Crippen molar-refractivity contribution in [3.05, 3.63) is 0 Å². The Labute approximate surface area is 143 Å². The molecule has 0 saturated heterocycles. The highest BCUT2D eigenvalue weighted by molar-refractivity contribution is 7.98. The van der Waals surface area contributed by atoms with Gasteiger partial charge in [-0.15, -0.1) is 0 Å². The Balaban J connectivity index is 3.33. The molecule has 0 heterocycles. The smallest absolute Gasteiger partial charge is 0.309 e. The van der Waals surface area contributed by atoms with Gasteiger partial charge in [-0.3, -0.25) is 4.79 Å². The van der Waals surface area contributed by atoms with Crippen LogP contribution in [0.25, 0.3) is 0 Å². The van der Waals surface area contributed by atoms with E-state index in [-0.39, 0.29) is 11.9 Å². The van der Waals surface area contributed by atoms with Crippen molar-refractivity contribution in [2.24, 2.45) is 5.92 Å². The molecule has 0 rings (SSSR count). The molecular formula is C19H38O2S. The summed E-state index contributed by atoms with van der Waals surface area (Å²) in [5.41, 5.74) is 0. The molecule has 0 aromatic carbocycles. The maximum atomic E-state index is 11.6. The average Bonchev–Trinajstić information content (AvgIpc) is 2.54. The first-order valence-corrected chi connectivity index (χ1v) is 10.7. The van der Waals surface area contributed by atoms with Crippen LogP contribution in [0.5, 0.6) is 0 Å². The van der Waals surface area contributed by atoms with Crippen LogP contribution in [0.2, 0.25) is 0 Å². The lowest BCUT2D eigenvalue weighted by atomic mass is 10.0. The van der Waals surface area contributed by atoms with E-state index < -0.39 is 0 Å². The third-order valence-corrected chi connectivity index (χ3v) is 5.04. The van der Waals surface area contributed by atoms with Crippen LogP contribution in [0, 0.1) is 5.92 Å². The molecule has 0 aromatic rings. The average molecular weight is 331 g/mol. The van der Waals surface area contributed by atoms with Crippen molar-refractivity contribution in [3.63, 3.8) is 0 Å². The molecular weight excluding hydrogens is 292 g/mol. The molecule has 0 amide bonds. The summed E-state index contributed by atoms with van der Waals surface area (Å²) in [5.74, 6) is 0.964. The zero-order valence-electron chi connectivity index (χ0n) is 15.2. The number of esters is 1. The van der Waals surface area contributed by atoms with E-state index in [1.165, 1.54) is 77.7 Å². The van der Waals surface area contributed by atoms with Crippen LogP contribution in [0.4, 0.5) is 0 Å². The number of ether oxygens (including phenoxy) is 1. The number of hydrogen-bond acceptors (Lipinski definition) is 3. The Bertz CT molecular complexity index is 244. The fourth-order valence-electron chi connectivity index (χ4n) is 2.87. The third kappa shape index (κ3) is 13.5. The normalized spacial score (nSPS) is 12.3. The monoisotopic (exact) mass is 330 g/mol. The quantitative estimate of drug-likeness (QED) is 0.248. The molecule has 22 heavy (non-hydrogen) atoms. The van der Waals surface area contributed by atoms with Crippen molar-refractivity contribution >= 4 is 17.7 Å². The summed E-state index contributed by atoms with van der Waals surface area (Å²) in [6.45, 7) is 2.27. The van der Waals surface area contributed by atoms with Crippen molar-refractivity contribution < 1.29 is 9.53 Å². The number of rotatable bonds is 16. The molecule has 0 N–H and O–H groups in total. The van der Waals surface area contributed by atoms with E-state index in [0.717, 1.165) is 18.6 Å². The van der Waals surface area contributed by atoms with Crippen molar-refractivity contribution in [3.8, 4) is 0 Å². The van der Waals surface area contributed by atoms with E-state index >= 15 is 0 Å². The number of carbonyl (C=O) groups excluding carboxylic acids is 1. The molecule has 0 spiro atoms. The van der Waals surface area contributed by atoms with E-state index in [4.69, 9.17) is 4.74 Å². The first kappa shape index (κ1) is 21.8. The predicted octanol–water partition coefficient (Wildman–Crippen LogP) is 6.23. The molecule has 0 aliphatic rings. The van der Waals surface area contributed by atoms with Gasteiger partial charge in [-0.05, 0) is 12.7 Å². The minimum absolute atomic E-state index is 0.0302. The Kier molecular flexibility index (Phi) is 17.0. The second-order valence-electron chi connectivity index (χ2n) is 6.35. The largest absolute Gasteiger partial charge is 0.469 e. The first-order valence-electron chi connectivity index (χ1n) is 9.33. The standard InChI is InChI=1S/C19H38O2S/c1-4-5-6-7-8-9-10-11-12-13-14-15-16-18(17-22-3)19(20)21-2/h18H,4-17H2,1-3H3/t18-/m1/s1. The second kappa shape index (κ2) is 17.2. The molecule has 0 aliphatic carbocycles. The molecule has 0 aromatic heterocycles. The van der Waals surface area contributed by atoms with Gasteiger partial charge in [-0.1, -0.05) is 84.0 Å². The zero-order chi connectivity index (χ0) is 16.5. The summed E-state index contributed by atoms with van der Waals surface area (Å²) in [7, 11) is 1.50. The minimum Gasteiger partial charge on any atom is -0.469 e. The van der Waals surface area contributed by atoms with Crippen molar-refractivity contribution in [2.45, 2.75) is 90.4 Å². The van der Waals surface area contributed by atoms with E-state index in [0.29, 0.717) is 0 Å². The van der Waals surface area contributed by atoms with Crippen molar-refractivity contribution in [1.29, 1.82) is 0 Å². The van der Waals surface area contributed by atoms with Gasteiger partial charge < -0.3 is 4.74 Å². The summed E-state index contributed by atoms with van der Waals surface area (Å²) in [6.07, 6.45) is 19.4. The van der Waals surface area contributed by atoms with E-state index in [1.54, 1.807) is 11.8 Å². The Morgan fingerprint density at radius 3 is 1.73 bits per heavy atom. The maximum Gasteiger partial charge on any atom is 0.309 e. The summed E-state index contributed by atoms with van der Waals surface area (Å²) in [4.78, 5) is 11.6. The Hall–Kier alpha value is -0.180. The van der Waals surface area contributed by atoms with Gasteiger partial charge in [-0.25, -0.2) is 0 Å². The van der Waals surface area contributed by atoms with Crippen LogP contribution in [0.15, 0.2) is 0 Å². The van der Waals surface area contributed by atoms with E-state index in [9.17, 15) is 4.79 Å². The zero-order valence-corrected chi connectivity index (χ0v) is 16.0. The molecule has 3 heteroatoms. The van der Waals surface area contributed by atoms with Gasteiger partial charge in [-0.2, -0.15) is 11.8 Å². The fraction of sp³-hybridized carbons (Fsp3) is 0.947. The van der Waals surface area contributed by atoms with Crippen molar-refractivity contribution in [2.75, 3.05) is 19.1 Å². The summed E-state index contributed by atoms with van der Waals surface area (Å²) < 4.78 is 4.87. The van der Waals surface area contributed by atoms with Crippen LogP contribution >= 0.6 is 11.8 Å². The molecule has 132 valence electrons. The highest BCUT2D eigenvalue weighted by Gasteiger charge is 2.17. The highest BCUT2D eigenvalue weighted by atomic mass is 32.2.